The molecular weight excluding hydrogens is 358 g/mol. The van der Waals surface area contributed by atoms with Gasteiger partial charge in [0.15, 0.2) is 11.5 Å². The highest BCUT2D eigenvalue weighted by atomic mass is 32.2. The maximum Gasteiger partial charge on any atom is 0.231 e. The van der Waals surface area contributed by atoms with E-state index < -0.39 is 0 Å². The summed E-state index contributed by atoms with van der Waals surface area (Å²) in [5.41, 5.74) is 0.977. The molecule has 0 radical (unpaired) electrons. The second-order valence-electron chi connectivity index (χ2n) is 5.51. The van der Waals surface area contributed by atoms with Crippen molar-refractivity contribution in [2.45, 2.75) is 18.0 Å². The SMILES string of the molecule is C[C@@H](NC(=O)CSc1ncnc2sccc12)c1ccc2c(c1)OCO2. The van der Waals surface area contributed by atoms with E-state index >= 15 is 0 Å². The van der Waals surface area contributed by atoms with Gasteiger partial charge in [0.2, 0.25) is 12.7 Å². The first-order valence-corrected chi connectivity index (χ1v) is 9.57. The van der Waals surface area contributed by atoms with Crippen molar-refractivity contribution in [2.75, 3.05) is 12.5 Å². The average Bonchev–Trinajstić information content (AvgIpc) is 3.28. The Morgan fingerprint density at radius 3 is 3.12 bits per heavy atom. The molecule has 3 aromatic rings. The molecule has 1 N–H and O–H groups in total. The molecule has 0 fully saturated rings. The van der Waals surface area contributed by atoms with Crippen molar-refractivity contribution in [1.29, 1.82) is 0 Å². The fourth-order valence-corrected chi connectivity index (χ4v) is 4.16. The van der Waals surface area contributed by atoms with Gasteiger partial charge in [-0.3, -0.25) is 4.79 Å². The van der Waals surface area contributed by atoms with Gasteiger partial charge in [0.05, 0.1) is 11.8 Å². The number of hydrogen-bond donors (Lipinski definition) is 1. The number of nitrogens with one attached hydrogen (secondary N) is 1. The standard InChI is InChI=1S/C17H15N3O3S2/c1-10(11-2-3-13-14(6-11)23-9-22-13)20-15(21)7-25-17-12-4-5-24-16(12)18-8-19-17/h2-6,8,10H,7,9H2,1H3,(H,20,21)/t10-/m1/s1. The topological polar surface area (TPSA) is 73.3 Å². The summed E-state index contributed by atoms with van der Waals surface area (Å²) in [6.45, 7) is 2.19. The van der Waals surface area contributed by atoms with Gasteiger partial charge >= 0.3 is 0 Å². The van der Waals surface area contributed by atoms with E-state index in [0.29, 0.717) is 11.5 Å². The molecule has 0 bridgehead atoms. The number of benzene rings is 1. The largest absolute Gasteiger partial charge is 0.454 e. The van der Waals surface area contributed by atoms with Crippen LogP contribution in [0.15, 0.2) is 41.0 Å². The first-order valence-electron chi connectivity index (χ1n) is 7.70. The molecule has 0 saturated carbocycles. The van der Waals surface area contributed by atoms with Gasteiger partial charge < -0.3 is 14.8 Å². The number of carbonyl (C=O) groups is 1. The van der Waals surface area contributed by atoms with Gasteiger partial charge in [-0.2, -0.15) is 0 Å². The van der Waals surface area contributed by atoms with Crippen LogP contribution in [0.5, 0.6) is 11.5 Å². The third kappa shape index (κ3) is 3.40. The average molecular weight is 373 g/mol. The number of amides is 1. The Hall–Kier alpha value is -2.32. The van der Waals surface area contributed by atoms with Crippen LogP contribution in [0.25, 0.3) is 10.2 Å². The summed E-state index contributed by atoms with van der Waals surface area (Å²) in [5, 5.41) is 6.81. The number of fused-ring (bicyclic) bond motifs is 2. The minimum absolute atomic E-state index is 0.0443. The monoisotopic (exact) mass is 373 g/mol. The van der Waals surface area contributed by atoms with Crippen LogP contribution < -0.4 is 14.8 Å². The number of ether oxygens (including phenoxy) is 2. The highest BCUT2D eigenvalue weighted by Crippen LogP contribution is 2.34. The molecule has 4 rings (SSSR count). The van der Waals surface area contributed by atoms with Gasteiger partial charge in [0.25, 0.3) is 0 Å². The Labute approximate surface area is 152 Å². The van der Waals surface area contributed by atoms with E-state index in [9.17, 15) is 4.79 Å². The zero-order chi connectivity index (χ0) is 17.2. The number of rotatable bonds is 5. The minimum Gasteiger partial charge on any atom is -0.454 e. The summed E-state index contributed by atoms with van der Waals surface area (Å²) < 4.78 is 10.7. The maximum absolute atomic E-state index is 12.3. The molecule has 0 saturated heterocycles. The van der Waals surface area contributed by atoms with Crippen molar-refractivity contribution in [3.8, 4) is 11.5 Å². The van der Waals surface area contributed by atoms with Crippen LogP contribution in [0.2, 0.25) is 0 Å². The first-order chi connectivity index (χ1) is 12.2. The molecule has 0 aliphatic carbocycles. The number of hydrogen-bond acceptors (Lipinski definition) is 7. The molecular formula is C17H15N3O3S2. The molecule has 8 heteroatoms. The van der Waals surface area contributed by atoms with E-state index in [1.54, 1.807) is 11.3 Å². The highest BCUT2D eigenvalue weighted by Gasteiger charge is 2.17. The molecule has 128 valence electrons. The lowest BCUT2D eigenvalue weighted by Crippen LogP contribution is -2.28. The third-order valence-corrected chi connectivity index (χ3v) is 5.67. The molecule has 0 spiro atoms. The summed E-state index contributed by atoms with van der Waals surface area (Å²) in [7, 11) is 0. The third-order valence-electron chi connectivity index (χ3n) is 3.84. The number of thioether (sulfide) groups is 1. The Kier molecular flexibility index (Phi) is 4.46. The van der Waals surface area contributed by atoms with Crippen LogP contribution in [0.1, 0.15) is 18.5 Å². The van der Waals surface area contributed by atoms with E-state index in [1.807, 2.05) is 36.6 Å². The van der Waals surface area contributed by atoms with Crippen LogP contribution >= 0.6 is 23.1 Å². The zero-order valence-electron chi connectivity index (χ0n) is 13.4. The molecule has 6 nitrogen and oxygen atoms in total. The summed E-state index contributed by atoms with van der Waals surface area (Å²) in [5.74, 6) is 1.71. The van der Waals surface area contributed by atoms with Crippen molar-refractivity contribution in [3.05, 3.63) is 41.5 Å². The maximum atomic E-state index is 12.3. The van der Waals surface area contributed by atoms with E-state index in [1.165, 1.54) is 18.1 Å². The summed E-state index contributed by atoms with van der Waals surface area (Å²) in [4.78, 5) is 21.7. The van der Waals surface area contributed by atoms with E-state index in [2.05, 4.69) is 15.3 Å². The fourth-order valence-electron chi connectivity index (χ4n) is 2.57. The van der Waals surface area contributed by atoms with Crippen molar-refractivity contribution >= 4 is 39.2 Å². The lowest BCUT2D eigenvalue weighted by molar-refractivity contribution is -0.119. The molecule has 1 aliphatic rings. The van der Waals surface area contributed by atoms with Crippen LogP contribution in [0.4, 0.5) is 0 Å². The predicted octanol–water partition coefficient (Wildman–Crippen LogP) is 3.39. The van der Waals surface area contributed by atoms with E-state index in [4.69, 9.17) is 9.47 Å². The second kappa shape index (κ2) is 6.89. The lowest BCUT2D eigenvalue weighted by atomic mass is 10.1. The highest BCUT2D eigenvalue weighted by molar-refractivity contribution is 8.00. The second-order valence-corrected chi connectivity index (χ2v) is 7.37. The Morgan fingerprint density at radius 2 is 2.20 bits per heavy atom. The molecule has 1 aromatic carbocycles. The molecule has 2 aromatic heterocycles. The summed E-state index contributed by atoms with van der Waals surface area (Å²) >= 11 is 2.99. The quantitative estimate of drug-likeness (QED) is 0.546. The van der Waals surface area contributed by atoms with E-state index in [0.717, 1.165) is 26.6 Å². The number of carbonyl (C=O) groups excluding carboxylic acids is 1. The Morgan fingerprint density at radius 1 is 1.32 bits per heavy atom. The molecule has 25 heavy (non-hydrogen) atoms. The van der Waals surface area contributed by atoms with Gasteiger partial charge in [-0.15, -0.1) is 11.3 Å². The number of thiophene rings is 1. The van der Waals surface area contributed by atoms with Gasteiger partial charge in [0, 0.05) is 5.39 Å². The normalized spacial score (nSPS) is 13.8. The van der Waals surface area contributed by atoms with Gasteiger partial charge in [-0.25, -0.2) is 9.97 Å². The fraction of sp³-hybridized carbons (Fsp3) is 0.235. The minimum atomic E-state index is -0.117. The van der Waals surface area contributed by atoms with Crippen LogP contribution in [-0.4, -0.2) is 28.4 Å². The van der Waals surface area contributed by atoms with Crippen molar-refractivity contribution < 1.29 is 14.3 Å². The van der Waals surface area contributed by atoms with Crippen LogP contribution in [0, 0.1) is 0 Å². The first kappa shape index (κ1) is 16.2. The van der Waals surface area contributed by atoms with Crippen molar-refractivity contribution in [1.82, 2.24) is 15.3 Å². The molecule has 0 unspecified atom stereocenters. The smallest absolute Gasteiger partial charge is 0.231 e. The van der Waals surface area contributed by atoms with Gasteiger partial charge in [-0.1, -0.05) is 17.8 Å². The van der Waals surface area contributed by atoms with Crippen molar-refractivity contribution in [3.63, 3.8) is 0 Å². The lowest BCUT2D eigenvalue weighted by Gasteiger charge is -2.14. The summed E-state index contributed by atoms with van der Waals surface area (Å²) in [6, 6.07) is 7.57. The molecule has 3 heterocycles. The Balaban J connectivity index is 1.38. The number of nitrogens with zero attached hydrogens (tertiary/aromatic N) is 2. The van der Waals surface area contributed by atoms with E-state index in [-0.39, 0.29) is 18.7 Å². The molecule has 1 atom stereocenters. The predicted molar refractivity (Wildman–Crippen MR) is 97.3 cm³/mol. The molecule has 1 aliphatic heterocycles. The Bertz CT molecular complexity index is 928. The van der Waals surface area contributed by atoms with Gasteiger partial charge in [0.1, 0.15) is 16.2 Å². The zero-order valence-corrected chi connectivity index (χ0v) is 15.0. The van der Waals surface area contributed by atoms with Crippen molar-refractivity contribution in [2.24, 2.45) is 0 Å². The number of aromatic nitrogens is 2. The van der Waals surface area contributed by atoms with Gasteiger partial charge in [-0.05, 0) is 36.1 Å². The van der Waals surface area contributed by atoms with Crippen LogP contribution in [-0.2, 0) is 4.79 Å². The van der Waals surface area contributed by atoms with Crippen LogP contribution in [0.3, 0.4) is 0 Å². The molecule has 1 amide bonds. The summed E-state index contributed by atoms with van der Waals surface area (Å²) in [6.07, 6.45) is 1.54.